The second-order valence-electron chi connectivity index (χ2n) is 18.9. The molecule has 0 heterocycles. The number of allylic oxidation sites excluding steroid dienone is 4. The molecule has 1 atom stereocenters. The van der Waals surface area contributed by atoms with Gasteiger partial charge in [0, 0.05) is 19.3 Å². The van der Waals surface area contributed by atoms with Gasteiger partial charge in [-0.1, -0.05) is 257 Å². The van der Waals surface area contributed by atoms with E-state index in [1.807, 2.05) is 0 Å². The molecule has 6 heteroatoms. The minimum atomic E-state index is -0.771. The third kappa shape index (κ3) is 50.7. The number of carbonyl (C=O) groups is 3. The fourth-order valence-corrected chi connectivity index (χ4v) is 8.24. The lowest BCUT2D eigenvalue weighted by atomic mass is 10.0. The molecule has 0 aromatic carbocycles. The summed E-state index contributed by atoms with van der Waals surface area (Å²) in [6.45, 7) is 6.65. The van der Waals surface area contributed by atoms with Crippen molar-refractivity contribution in [1.82, 2.24) is 0 Å². The second kappa shape index (κ2) is 52.5. The largest absolute Gasteiger partial charge is 0.462 e. The number of rotatable bonds is 51. The van der Waals surface area contributed by atoms with Gasteiger partial charge in [-0.25, -0.2) is 0 Å². The van der Waals surface area contributed by atoms with E-state index in [9.17, 15) is 14.4 Å². The third-order valence-electron chi connectivity index (χ3n) is 12.5. The van der Waals surface area contributed by atoms with Crippen molar-refractivity contribution in [2.75, 3.05) is 13.2 Å². The Labute approximate surface area is 392 Å². The Balaban J connectivity index is 4.35. The lowest BCUT2D eigenvalue weighted by Gasteiger charge is -2.18. The summed E-state index contributed by atoms with van der Waals surface area (Å²) in [6, 6.07) is 0. The molecule has 0 spiro atoms. The number of esters is 3. The Kier molecular flexibility index (Phi) is 50.8. The van der Waals surface area contributed by atoms with Crippen LogP contribution in [0.2, 0.25) is 0 Å². The Hall–Kier alpha value is -2.11. The number of hydrogen-bond acceptors (Lipinski definition) is 6. The molecule has 6 nitrogen and oxygen atoms in total. The van der Waals surface area contributed by atoms with E-state index in [1.54, 1.807) is 0 Å². The topological polar surface area (TPSA) is 78.9 Å². The highest BCUT2D eigenvalue weighted by Gasteiger charge is 2.19. The molecule has 0 bridgehead atoms. The molecule has 0 aliphatic rings. The van der Waals surface area contributed by atoms with Gasteiger partial charge in [-0.05, 0) is 51.4 Å². The van der Waals surface area contributed by atoms with Gasteiger partial charge in [0.05, 0.1) is 0 Å². The third-order valence-corrected chi connectivity index (χ3v) is 12.5. The molecule has 0 unspecified atom stereocenters. The molecule has 0 N–H and O–H groups in total. The van der Waals surface area contributed by atoms with Gasteiger partial charge in [-0.15, -0.1) is 0 Å². The molecule has 0 amide bonds. The summed E-state index contributed by atoms with van der Waals surface area (Å²) in [5.41, 5.74) is 0. The number of hydrogen-bond donors (Lipinski definition) is 0. The first kappa shape index (κ1) is 60.9. The maximum atomic E-state index is 12.8. The van der Waals surface area contributed by atoms with Gasteiger partial charge in [-0.2, -0.15) is 0 Å². The normalized spacial score (nSPS) is 12.1. The van der Waals surface area contributed by atoms with E-state index < -0.39 is 6.10 Å². The van der Waals surface area contributed by atoms with Crippen LogP contribution >= 0.6 is 0 Å². The van der Waals surface area contributed by atoms with E-state index in [0.717, 1.165) is 77.0 Å². The SMILES string of the molecule is CCCCC/C=C\C/C=C\CCCCCCCC(=O)OC[C@@H](COC(=O)CCCCCCCCCCCCCCCCC)OC(=O)CCCCCCCCCCCCCCCCC. The van der Waals surface area contributed by atoms with Crippen molar-refractivity contribution in [1.29, 1.82) is 0 Å². The zero-order chi connectivity index (χ0) is 45.8. The molecule has 0 aromatic heterocycles. The molecule has 370 valence electrons. The van der Waals surface area contributed by atoms with Gasteiger partial charge in [0.25, 0.3) is 0 Å². The first-order valence-corrected chi connectivity index (χ1v) is 27.8. The number of unbranched alkanes of at least 4 members (excludes halogenated alkanes) is 36. The highest BCUT2D eigenvalue weighted by Crippen LogP contribution is 2.17. The molecule has 0 fully saturated rings. The molecule has 0 radical (unpaired) electrons. The van der Waals surface area contributed by atoms with Crippen LogP contribution in [0.3, 0.4) is 0 Å². The molecule has 0 saturated heterocycles. The summed E-state index contributed by atoms with van der Waals surface area (Å²) in [5, 5.41) is 0. The van der Waals surface area contributed by atoms with Crippen LogP contribution in [0.25, 0.3) is 0 Å². The Morgan fingerprint density at radius 1 is 0.317 bits per heavy atom. The average Bonchev–Trinajstić information content (AvgIpc) is 3.28. The zero-order valence-corrected chi connectivity index (χ0v) is 42.4. The Morgan fingerprint density at radius 2 is 0.571 bits per heavy atom. The quantitative estimate of drug-likeness (QED) is 0.0262. The summed E-state index contributed by atoms with van der Waals surface area (Å²) >= 11 is 0. The molecule has 63 heavy (non-hydrogen) atoms. The monoisotopic (exact) mass is 887 g/mol. The summed E-state index contributed by atoms with van der Waals surface area (Å²) in [6.07, 6.45) is 60.1. The van der Waals surface area contributed by atoms with Crippen molar-refractivity contribution in [2.24, 2.45) is 0 Å². The smallest absolute Gasteiger partial charge is 0.306 e. The maximum Gasteiger partial charge on any atom is 0.306 e. The van der Waals surface area contributed by atoms with Crippen LogP contribution in [0.5, 0.6) is 0 Å². The van der Waals surface area contributed by atoms with Gasteiger partial charge in [0.2, 0.25) is 0 Å². The summed E-state index contributed by atoms with van der Waals surface area (Å²) < 4.78 is 16.8. The zero-order valence-electron chi connectivity index (χ0n) is 42.4. The van der Waals surface area contributed by atoms with Crippen molar-refractivity contribution < 1.29 is 28.6 Å². The van der Waals surface area contributed by atoms with Crippen molar-refractivity contribution in [2.45, 2.75) is 309 Å². The van der Waals surface area contributed by atoms with Crippen LogP contribution < -0.4 is 0 Å². The Morgan fingerprint density at radius 3 is 0.905 bits per heavy atom. The number of ether oxygens (including phenoxy) is 3. The van der Waals surface area contributed by atoms with Crippen LogP contribution in [0.4, 0.5) is 0 Å². The van der Waals surface area contributed by atoms with Crippen LogP contribution in [0.1, 0.15) is 303 Å². The van der Waals surface area contributed by atoms with Crippen LogP contribution in [0, 0.1) is 0 Å². The van der Waals surface area contributed by atoms with Crippen molar-refractivity contribution >= 4 is 17.9 Å². The van der Waals surface area contributed by atoms with Crippen LogP contribution in [-0.2, 0) is 28.6 Å². The predicted octanol–water partition coefficient (Wildman–Crippen LogP) is 18.3. The highest BCUT2D eigenvalue weighted by molar-refractivity contribution is 5.71. The van der Waals surface area contributed by atoms with Gasteiger partial charge in [-0.3, -0.25) is 14.4 Å². The molecular weight excluding hydrogens is 781 g/mol. The molecule has 0 aromatic rings. The van der Waals surface area contributed by atoms with E-state index in [1.165, 1.54) is 186 Å². The van der Waals surface area contributed by atoms with Gasteiger partial charge in [0.15, 0.2) is 6.10 Å². The predicted molar refractivity (Wildman–Crippen MR) is 270 cm³/mol. The minimum absolute atomic E-state index is 0.0703. The minimum Gasteiger partial charge on any atom is -0.462 e. The van der Waals surface area contributed by atoms with E-state index in [-0.39, 0.29) is 31.1 Å². The van der Waals surface area contributed by atoms with Crippen molar-refractivity contribution in [3.8, 4) is 0 Å². The molecule has 0 saturated carbocycles. The molecule has 0 rings (SSSR count). The first-order valence-electron chi connectivity index (χ1n) is 27.8. The van der Waals surface area contributed by atoms with E-state index in [4.69, 9.17) is 14.2 Å². The maximum absolute atomic E-state index is 12.8. The van der Waals surface area contributed by atoms with Gasteiger partial charge >= 0.3 is 17.9 Å². The second-order valence-corrected chi connectivity index (χ2v) is 18.9. The fourth-order valence-electron chi connectivity index (χ4n) is 8.24. The van der Waals surface area contributed by atoms with E-state index in [2.05, 4.69) is 45.1 Å². The summed E-state index contributed by atoms with van der Waals surface area (Å²) in [5.74, 6) is -0.865. The highest BCUT2D eigenvalue weighted by atomic mass is 16.6. The standard InChI is InChI=1S/C57H106O6/c1-4-7-10-13-16-19-22-25-28-31-34-37-40-43-46-49-55(58)61-52-54(63-57(60)51-48-45-42-39-36-33-30-27-24-21-18-15-12-9-6-3)53-62-56(59)50-47-44-41-38-35-32-29-26-23-20-17-14-11-8-5-2/h16,19,25,28,54H,4-15,17-18,20-24,26-27,29-53H2,1-3H3/b19-16-,28-25-/t54-/m0/s1. The van der Waals surface area contributed by atoms with Crippen molar-refractivity contribution in [3.63, 3.8) is 0 Å². The molecular formula is C57H106O6. The summed E-state index contributed by atoms with van der Waals surface area (Å²) in [7, 11) is 0. The Bertz CT molecular complexity index is 1020. The summed E-state index contributed by atoms with van der Waals surface area (Å²) in [4.78, 5) is 38.1. The number of carbonyl (C=O) groups excluding carboxylic acids is 3. The van der Waals surface area contributed by atoms with Crippen molar-refractivity contribution in [3.05, 3.63) is 24.3 Å². The van der Waals surface area contributed by atoms with E-state index in [0.29, 0.717) is 19.3 Å². The van der Waals surface area contributed by atoms with Crippen LogP contribution in [0.15, 0.2) is 24.3 Å². The fraction of sp³-hybridized carbons (Fsp3) is 0.877. The lowest BCUT2D eigenvalue weighted by Crippen LogP contribution is -2.30. The van der Waals surface area contributed by atoms with Crippen LogP contribution in [-0.4, -0.2) is 37.2 Å². The van der Waals surface area contributed by atoms with E-state index >= 15 is 0 Å². The lowest BCUT2D eigenvalue weighted by molar-refractivity contribution is -0.167. The average molecular weight is 887 g/mol. The first-order chi connectivity index (χ1) is 31.0. The molecule has 0 aliphatic heterocycles. The van der Waals surface area contributed by atoms with Gasteiger partial charge < -0.3 is 14.2 Å². The molecule has 0 aliphatic carbocycles. The van der Waals surface area contributed by atoms with Gasteiger partial charge in [0.1, 0.15) is 13.2 Å².